The molecule has 2 aromatic heterocycles. The van der Waals surface area contributed by atoms with Gasteiger partial charge in [-0.25, -0.2) is 9.97 Å². The summed E-state index contributed by atoms with van der Waals surface area (Å²) in [6, 6.07) is 11.3. The van der Waals surface area contributed by atoms with E-state index in [1.807, 2.05) is 32.0 Å². The van der Waals surface area contributed by atoms with Crippen LogP contribution in [-0.4, -0.2) is 32.2 Å². The van der Waals surface area contributed by atoms with Crippen LogP contribution in [-0.2, 0) is 6.42 Å². The van der Waals surface area contributed by atoms with Crippen LogP contribution in [0.25, 0.3) is 5.95 Å². The molecule has 0 spiro atoms. The van der Waals surface area contributed by atoms with Gasteiger partial charge in [-0.3, -0.25) is 14.7 Å². The molecule has 0 fully saturated rings. The average molecular weight is 349 g/mol. The summed E-state index contributed by atoms with van der Waals surface area (Å²) in [5, 5.41) is 5.69. The van der Waals surface area contributed by atoms with Crippen LogP contribution >= 0.6 is 0 Å². The van der Waals surface area contributed by atoms with Crippen LogP contribution < -0.4 is 10.9 Å². The van der Waals surface area contributed by atoms with Crippen molar-refractivity contribution in [2.24, 2.45) is 0 Å². The van der Waals surface area contributed by atoms with E-state index in [0.717, 1.165) is 17.8 Å². The highest BCUT2D eigenvalue weighted by molar-refractivity contribution is 5.92. The van der Waals surface area contributed by atoms with Gasteiger partial charge in [0.05, 0.1) is 0 Å². The molecule has 4 rings (SSSR count). The summed E-state index contributed by atoms with van der Waals surface area (Å²) in [6.45, 7) is 4.20. The Kier molecular flexibility index (Phi) is 3.91. The second-order valence-electron chi connectivity index (χ2n) is 6.60. The minimum absolute atomic E-state index is 0.199. The first-order valence-corrected chi connectivity index (χ1v) is 8.52. The summed E-state index contributed by atoms with van der Waals surface area (Å²) >= 11 is 0. The van der Waals surface area contributed by atoms with E-state index >= 15 is 0 Å². The van der Waals surface area contributed by atoms with Gasteiger partial charge >= 0.3 is 0 Å². The molecule has 7 heteroatoms. The number of rotatable bonds is 4. The van der Waals surface area contributed by atoms with Crippen LogP contribution in [0.4, 0.5) is 0 Å². The highest BCUT2D eigenvalue weighted by atomic mass is 16.2. The molecule has 2 N–H and O–H groups in total. The Labute approximate surface area is 150 Å². The van der Waals surface area contributed by atoms with E-state index in [-0.39, 0.29) is 23.1 Å². The van der Waals surface area contributed by atoms with E-state index in [0.29, 0.717) is 12.5 Å². The summed E-state index contributed by atoms with van der Waals surface area (Å²) < 4.78 is 1.19. The van der Waals surface area contributed by atoms with E-state index in [1.165, 1.54) is 21.9 Å². The lowest BCUT2D eigenvalue weighted by Crippen LogP contribution is -2.33. The van der Waals surface area contributed by atoms with Gasteiger partial charge in [-0.1, -0.05) is 24.3 Å². The van der Waals surface area contributed by atoms with Gasteiger partial charge in [0.2, 0.25) is 0 Å². The van der Waals surface area contributed by atoms with Crippen molar-refractivity contribution < 1.29 is 4.79 Å². The number of carbonyl (C=O) groups excluding carboxylic acids is 1. The highest BCUT2D eigenvalue weighted by Gasteiger charge is 2.26. The van der Waals surface area contributed by atoms with Crippen LogP contribution in [0.2, 0.25) is 0 Å². The lowest BCUT2D eigenvalue weighted by Gasteiger charge is -2.30. The van der Waals surface area contributed by atoms with Crippen LogP contribution in [0.5, 0.6) is 0 Å². The van der Waals surface area contributed by atoms with Crippen molar-refractivity contribution in [2.75, 3.05) is 6.54 Å². The van der Waals surface area contributed by atoms with Gasteiger partial charge in [-0.05, 0) is 37.5 Å². The number of aromatic nitrogens is 4. The first-order valence-electron chi connectivity index (χ1n) is 8.52. The maximum absolute atomic E-state index is 12.4. The Bertz CT molecular complexity index is 1030. The zero-order chi connectivity index (χ0) is 18.3. The average Bonchev–Trinajstić information content (AvgIpc) is 2.96. The van der Waals surface area contributed by atoms with Gasteiger partial charge in [-0.15, -0.1) is 0 Å². The molecular weight excluding hydrogens is 330 g/mol. The van der Waals surface area contributed by atoms with Gasteiger partial charge in [0.1, 0.15) is 5.69 Å². The minimum Gasteiger partial charge on any atom is -0.350 e. The SMILES string of the molecule is Cc1cc(C)nc(-n2[nH]c(C(=O)NCC3Cc4ccccc43)cc2=O)n1. The summed E-state index contributed by atoms with van der Waals surface area (Å²) in [5.41, 5.74) is 3.95. The fraction of sp³-hybridized carbons (Fsp3) is 0.263. The second-order valence-corrected chi connectivity index (χ2v) is 6.60. The molecule has 1 amide bonds. The van der Waals surface area contributed by atoms with Crippen LogP contribution in [0.15, 0.2) is 41.2 Å². The first-order chi connectivity index (χ1) is 12.5. The predicted octanol–water partition coefficient (Wildman–Crippen LogP) is 1.64. The molecule has 1 aliphatic rings. The van der Waals surface area contributed by atoms with Crippen LogP contribution in [0, 0.1) is 13.8 Å². The molecule has 2 heterocycles. The van der Waals surface area contributed by atoms with E-state index in [9.17, 15) is 9.59 Å². The fourth-order valence-electron chi connectivity index (χ4n) is 3.32. The van der Waals surface area contributed by atoms with Crippen molar-refractivity contribution in [1.82, 2.24) is 25.1 Å². The van der Waals surface area contributed by atoms with E-state index in [2.05, 4.69) is 32.5 Å². The number of H-pyrrole nitrogens is 1. The molecule has 1 aromatic carbocycles. The summed E-state index contributed by atoms with van der Waals surface area (Å²) in [4.78, 5) is 33.1. The summed E-state index contributed by atoms with van der Waals surface area (Å²) in [5.74, 6) is 0.251. The molecule has 0 bridgehead atoms. The maximum atomic E-state index is 12.4. The molecule has 0 radical (unpaired) electrons. The molecule has 1 atom stereocenters. The maximum Gasteiger partial charge on any atom is 0.274 e. The normalized spacial score (nSPS) is 15.2. The Morgan fingerprint density at radius 1 is 1.23 bits per heavy atom. The molecule has 0 saturated carbocycles. The lowest BCUT2D eigenvalue weighted by atomic mass is 9.77. The molecule has 26 heavy (non-hydrogen) atoms. The summed E-state index contributed by atoms with van der Waals surface area (Å²) in [7, 11) is 0. The number of fused-ring (bicyclic) bond motifs is 1. The van der Waals surface area contributed by atoms with Gasteiger partial charge in [0.15, 0.2) is 0 Å². The smallest absolute Gasteiger partial charge is 0.274 e. The van der Waals surface area contributed by atoms with Crippen LogP contribution in [0.3, 0.4) is 0 Å². The predicted molar refractivity (Wildman–Crippen MR) is 96.7 cm³/mol. The first kappa shape index (κ1) is 16.3. The number of nitrogens with one attached hydrogen (secondary N) is 2. The number of hydrogen-bond acceptors (Lipinski definition) is 4. The molecule has 1 aliphatic carbocycles. The van der Waals surface area contributed by atoms with Crippen LogP contribution in [0.1, 0.15) is 38.9 Å². The van der Waals surface area contributed by atoms with Crippen molar-refractivity contribution in [3.8, 4) is 5.95 Å². The van der Waals surface area contributed by atoms with Crippen molar-refractivity contribution in [1.29, 1.82) is 0 Å². The number of nitrogens with zero attached hydrogens (tertiary/aromatic N) is 3. The molecule has 132 valence electrons. The molecule has 7 nitrogen and oxygen atoms in total. The topological polar surface area (TPSA) is 92.7 Å². The molecule has 0 aliphatic heterocycles. The van der Waals surface area contributed by atoms with Gasteiger partial charge in [0.25, 0.3) is 17.4 Å². The molecule has 0 saturated heterocycles. The molecule has 3 aromatic rings. The van der Waals surface area contributed by atoms with Gasteiger partial charge in [0, 0.05) is 29.9 Å². The number of aryl methyl sites for hydroxylation is 2. The van der Waals surface area contributed by atoms with Gasteiger partial charge < -0.3 is 5.32 Å². The Morgan fingerprint density at radius 2 is 1.96 bits per heavy atom. The largest absolute Gasteiger partial charge is 0.350 e. The van der Waals surface area contributed by atoms with E-state index in [1.54, 1.807) is 0 Å². The molecular formula is C19H19N5O2. The Hall–Kier alpha value is -3.22. The van der Waals surface area contributed by atoms with Gasteiger partial charge in [-0.2, -0.15) is 4.68 Å². The van der Waals surface area contributed by atoms with E-state index in [4.69, 9.17) is 0 Å². The monoisotopic (exact) mass is 349 g/mol. The highest BCUT2D eigenvalue weighted by Crippen LogP contribution is 2.33. The number of hydrogen-bond donors (Lipinski definition) is 2. The number of amides is 1. The zero-order valence-electron chi connectivity index (χ0n) is 14.6. The zero-order valence-corrected chi connectivity index (χ0v) is 14.6. The molecule has 1 unspecified atom stereocenters. The van der Waals surface area contributed by atoms with E-state index < -0.39 is 0 Å². The van der Waals surface area contributed by atoms with Crippen molar-refractivity contribution in [2.45, 2.75) is 26.2 Å². The third-order valence-corrected chi connectivity index (χ3v) is 4.61. The minimum atomic E-state index is -0.367. The number of carbonyl (C=O) groups is 1. The Morgan fingerprint density at radius 3 is 2.69 bits per heavy atom. The summed E-state index contributed by atoms with van der Waals surface area (Å²) in [6.07, 6.45) is 0.963. The standard InChI is InChI=1S/C19H19N5O2/c1-11-7-12(2)22-19(21-11)24-17(25)9-16(23-24)18(26)20-10-14-8-13-5-3-4-6-15(13)14/h3-7,9,14,23H,8,10H2,1-2H3,(H,20,26). The second kappa shape index (κ2) is 6.25. The van der Waals surface area contributed by atoms with Crippen molar-refractivity contribution >= 4 is 5.91 Å². The third kappa shape index (κ3) is 2.92. The van der Waals surface area contributed by atoms with Crippen molar-refractivity contribution in [3.05, 3.63) is 75.0 Å². The number of aromatic amines is 1. The fourth-order valence-corrected chi connectivity index (χ4v) is 3.32. The Balaban J connectivity index is 1.49. The lowest BCUT2D eigenvalue weighted by molar-refractivity contribution is 0.0944. The third-order valence-electron chi connectivity index (χ3n) is 4.61. The quantitative estimate of drug-likeness (QED) is 0.749. The van der Waals surface area contributed by atoms with Crippen molar-refractivity contribution in [3.63, 3.8) is 0 Å². The number of benzene rings is 1.